The molecule has 0 aromatic heterocycles. The van der Waals surface area contributed by atoms with Crippen molar-refractivity contribution in [3.63, 3.8) is 0 Å². The first-order chi connectivity index (χ1) is 4.88. The van der Waals surface area contributed by atoms with E-state index in [4.69, 9.17) is 0 Å². The molecule has 10 heavy (non-hydrogen) atoms. The molecule has 0 aliphatic heterocycles. The van der Waals surface area contributed by atoms with Crippen molar-refractivity contribution in [2.45, 2.75) is 25.3 Å². The fourth-order valence-corrected chi connectivity index (χ4v) is 1.57. The number of likely N-dealkylation sites (N-methyl/N-ethyl adjacent to an activating group) is 2. The third-order valence-electron chi connectivity index (χ3n) is 2.51. The van der Waals surface area contributed by atoms with E-state index in [1.807, 2.05) is 7.05 Å². The fourth-order valence-electron chi connectivity index (χ4n) is 1.57. The van der Waals surface area contributed by atoms with Gasteiger partial charge in [-0.2, -0.15) is 0 Å². The normalized spacial score (nSPS) is 22.2. The van der Waals surface area contributed by atoms with Crippen LogP contribution in [-0.4, -0.2) is 26.7 Å². The molecule has 0 aromatic carbocycles. The topological polar surface area (TPSA) is 24.1 Å². The van der Waals surface area contributed by atoms with E-state index in [2.05, 4.69) is 17.7 Å². The molecule has 0 saturated heterocycles. The van der Waals surface area contributed by atoms with Crippen LogP contribution < -0.4 is 10.6 Å². The summed E-state index contributed by atoms with van der Waals surface area (Å²) in [6.07, 6.45) is 4.28. The largest absolute Gasteiger partial charge is 0.318 e. The molecule has 0 bridgehead atoms. The Labute approximate surface area is 63.4 Å². The molecule has 1 aliphatic rings. The molecule has 2 heteroatoms. The van der Waals surface area contributed by atoms with Gasteiger partial charge in [0.05, 0.1) is 0 Å². The van der Waals surface area contributed by atoms with Crippen LogP contribution in [0.4, 0.5) is 0 Å². The molecule has 0 radical (unpaired) electrons. The molecule has 0 aromatic rings. The molecule has 2 N–H and O–H groups in total. The minimum absolute atomic E-state index is 0.707. The highest BCUT2D eigenvalue weighted by Gasteiger charge is 2.24. The van der Waals surface area contributed by atoms with Crippen LogP contribution in [0.15, 0.2) is 0 Å². The van der Waals surface area contributed by atoms with E-state index in [1.165, 1.54) is 19.3 Å². The van der Waals surface area contributed by atoms with Crippen LogP contribution in [0.1, 0.15) is 19.3 Å². The molecule has 1 saturated carbocycles. The highest BCUT2D eigenvalue weighted by Crippen LogP contribution is 2.28. The van der Waals surface area contributed by atoms with Crippen molar-refractivity contribution < 1.29 is 0 Å². The van der Waals surface area contributed by atoms with E-state index < -0.39 is 0 Å². The van der Waals surface area contributed by atoms with E-state index in [1.54, 1.807) is 0 Å². The lowest BCUT2D eigenvalue weighted by molar-refractivity contribution is 0.234. The summed E-state index contributed by atoms with van der Waals surface area (Å²) in [6.45, 7) is 1.11. The van der Waals surface area contributed by atoms with Crippen molar-refractivity contribution in [3.8, 4) is 0 Å². The van der Waals surface area contributed by atoms with Gasteiger partial charge in [-0.25, -0.2) is 0 Å². The predicted molar refractivity (Wildman–Crippen MR) is 44.1 cm³/mol. The molecule has 0 heterocycles. The first-order valence-corrected chi connectivity index (χ1v) is 4.20. The minimum atomic E-state index is 0.707. The zero-order valence-corrected chi connectivity index (χ0v) is 6.98. The molecule has 1 rings (SSSR count). The van der Waals surface area contributed by atoms with Gasteiger partial charge in [0.25, 0.3) is 0 Å². The second kappa shape index (κ2) is 3.94. The molecular weight excluding hydrogens is 124 g/mol. The molecule has 1 atom stereocenters. The Bertz CT molecular complexity index is 89.3. The van der Waals surface area contributed by atoms with Crippen LogP contribution in [-0.2, 0) is 0 Å². The van der Waals surface area contributed by atoms with Gasteiger partial charge in [0.15, 0.2) is 0 Å². The Morgan fingerprint density at radius 2 is 2.10 bits per heavy atom. The van der Waals surface area contributed by atoms with E-state index in [9.17, 15) is 0 Å². The Hall–Kier alpha value is -0.0800. The average molecular weight is 142 g/mol. The number of rotatable bonds is 4. The van der Waals surface area contributed by atoms with Crippen LogP contribution in [0.3, 0.4) is 0 Å². The van der Waals surface area contributed by atoms with Crippen molar-refractivity contribution in [3.05, 3.63) is 0 Å². The first kappa shape index (κ1) is 8.02. The van der Waals surface area contributed by atoms with Gasteiger partial charge in [-0.15, -0.1) is 0 Å². The SMILES string of the molecule is CNCC(NC)C1CCC1. The van der Waals surface area contributed by atoms with Crippen molar-refractivity contribution in [1.82, 2.24) is 10.6 Å². The van der Waals surface area contributed by atoms with Crippen LogP contribution in [0.25, 0.3) is 0 Å². The van der Waals surface area contributed by atoms with Gasteiger partial charge in [0, 0.05) is 12.6 Å². The second-order valence-electron chi connectivity index (χ2n) is 3.14. The van der Waals surface area contributed by atoms with Crippen LogP contribution in [0.2, 0.25) is 0 Å². The molecule has 2 nitrogen and oxygen atoms in total. The Balaban J connectivity index is 2.17. The Kier molecular flexibility index (Phi) is 3.16. The Morgan fingerprint density at radius 3 is 2.40 bits per heavy atom. The first-order valence-electron chi connectivity index (χ1n) is 4.20. The van der Waals surface area contributed by atoms with Crippen molar-refractivity contribution in [2.24, 2.45) is 5.92 Å². The summed E-state index contributed by atoms with van der Waals surface area (Å²) in [5, 5.41) is 6.55. The van der Waals surface area contributed by atoms with Crippen molar-refractivity contribution in [2.75, 3.05) is 20.6 Å². The zero-order valence-electron chi connectivity index (χ0n) is 6.98. The molecule has 1 unspecified atom stereocenters. The summed E-state index contributed by atoms with van der Waals surface area (Å²) < 4.78 is 0. The summed E-state index contributed by atoms with van der Waals surface area (Å²) in [6, 6.07) is 0.707. The lowest BCUT2D eigenvalue weighted by Crippen LogP contribution is -2.43. The fraction of sp³-hybridized carbons (Fsp3) is 1.00. The monoisotopic (exact) mass is 142 g/mol. The summed E-state index contributed by atoms with van der Waals surface area (Å²) >= 11 is 0. The van der Waals surface area contributed by atoms with Crippen LogP contribution in [0, 0.1) is 5.92 Å². The smallest absolute Gasteiger partial charge is 0.0217 e. The van der Waals surface area contributed by atoms with Gasteiger partial charge >= 0.3 is 0 Å². The lowest BCUT2D eigenvalue weighted by Gasteiger charge is -2.33. The Morgan fingerprint density at radius 1 is 1.40 bits per heavy atom. The number of hydrogen-bond acceptors (Lipinski definition) is 2. The van der Waals surface area contributed by atoms with Gasteiger partial charge in [-0.3, -0.25) is 0 Å². The summed E-state index contributed by atoms with van der Waals surface area (Å²) in [7, 11) is 4.07. The zero-order chi connectivity index (χ0) is 7.40. The van der Waals surface area contributed by atoms with Crippen molar-refractivity contribution in [1.29, 1.82) is 0 Å². The maximum atomic E-state index is 3.34. The molecular formula is C8H18N2. The summed E-state index contributed by atoms with van der Waals surface area (Å²) in [5.41, 5.74) is 0. The molecule has 1 aliphatic carbocycles. The molecule has 0 spiro atoms. The highest BCUT2D eigenvalue weighted by molar-refractivity contribution is 4.82. The third kappa shape index (κ3) is 1.70. The van der Waals surface area contributed by atoms with E-state index in [0.717, 1.165) is 12.5 Å². The van der Waals surface area contributed by atoms with Gasteiger partial charge in [-0.05, 0) is 32.9 Å². The van der Waals surface area contributed by atoms with Crippen molar-refractivity contribution >= 4 is 0 Å². The summed E-state index contributed by atoms with van der Waals surface area (Å²) in [5.74, 6) is 0.942. The van der Waals surface area contributed by atoms with Gasteiger partial charge < -0.3 is 10.6 Å². The summed E-state index contributed by atoms with van der Waals surface area (Å²) in [4.78, 5) is 0. The molecule has 1 fully saturated rings. The maximum Gasteiger partial charge on any atom is 0.0217 e. The van der Waals surface area contributed by atoms with E-state index >= 15 is 0 Å². The minimum Gasteiger partial charge on any atom is -0.318 e. The quantitative estimate of drug-likeness (QED) is 0.600. The predicted octanol–water partition coefficient (Wildman–Crippen LogP) is 0.594. The number of nitrogens with one attached hydrogen (secondary N) is 2. The number of hydrogen-bond donors (Lipinski definition) is 2. The van der Waals surface area contributed by atoms with E-state index in [-0.39, 0.29) is 0 Å². The molecule has 0 amide bonds. The maximum absolute atomic E-state index is 3.34. The van der Waals surface area contributed by atoms with E-state index in [0.29, 0.717) is 6.04 Å². The van der Waals surface area contributed by atoms with Crippen LogP contribution in [0.5, 0.6) is 0 Å². The molecule has 60 valence electrons. The highest BCUT2D eigenvalue weighted by atomic mass is 15.0. The van der Waals surface area contributed by atoms with Gasteiger partial charge in [0.2, 0.25) is 0 Å². The van der Waals surface area contributed by atoms with Crippen LogP contribution >= 0.6 is 0 Å². The lowest BCUT2D eigenvalue weighted by atomic mass is 9.80. The third-order valence-corrected chi connectivity index (χ3v) is 2.51. The standard InChI is InChI=1S/C8H18N2/c1-9-6-8(10-2)7-4-3-5-7/h7-10H,3-6H2,1-2H3. The van der Waals surface area contributed by atoms with Gasteiger partial charge in [-0.1, -0.05) is 6.42 Å². The van der Waals surface area contributed by atoms with Gasteiger partial charge in [0.1, 0.15) is 0 Å². The second-order valence-corrected chi connectivity index (χ2v) is 3.14. The average Bonchev–Trinajstić information content (AvgIpc) is 1.83.